The third kappa shape index (κ3) is 3.70. The van der Waals surface area contributed by atoms with Gasteiger partial charge in [-0.25, -0.2) is 9.89 Å². The average molecular weight is 327 g/mol. The van der Waals surface area contributed by atoms with Crippen LogP contribution in [0.25, 0.3) is 0 Å². The third-order valence-electron chi connectivity index (χ3n) is 3.10. The first-order valence-electron chi connectivity index (χ1n) is 6.74. The summed E-state index contributed by atoms with van der Waals surface area (Å²) in [5, 5.41) is 7.93. The van der Waals surface area contributed by atoms with Gasteiger partial charge < -0.3 is 5.73 Å². The molecule has 0 amide bonds. The normalized spacial score (nSPS) is 14.4. The lowest BCUT2D eigenvalue weighted by atomic mass is 10.1. The van der Waals surface area contributed by atoms with Gasteiger partial charge in [0, 0.05) is 17.1 Å². The summed E-state index contributed by atoms with van der Waals surface area (Å²) in [6.45, 7) is 5.84. The Morgan fingerprint density at radius 1 is 1.29 bits per heavy atom. The van der Waals surface area contributed by atoms with Crippen LogP contribution in [0.4, 0.5) is 0 Å². The van der Waals surface area contributed by atoms with Crippen molar-refractivity contribution in [1.29, 1.82) is 0 Å². The van der Waals surface area contributed by atoms with Gasteiger partial charge in [-0.15, -0.1) is 5.10 Å². The zero-order valence-electron chi connectivity index (χ0n) is 12.2. The van der Waals surface area contributed by atoms with Gasteiger partial charge in [0.2, 0.25) is 0 Å². The molecule has 2 rings (SSSR count). The van der Waals surface area contributed by atoms with Crippen molar-refractivity contribution < 1.29 is 0 Å². The van der Waals surface area contributed by atoms with E-state index in [1.54, 1.807) is 4.57 Å². The standard InChI is InChI=1S/C14H19ClN4OS/c1-8(2)19-13(20)17-18-14(19)21-12(9(3)16)10-4-6-11(15)7-5-10/h4-9,12H,16H2,1-3H3,(H,17,20). The number of hydrogen-bond donors (Lipinski definition) is 2. The maximum atomic E-state index is 11.8. The van der Waals surface area contributed by atoms with Crippen LogP contribution >= 0.6 is 23.4 Å². The number of rotatable bonds is 5. The lowest BCUT2D eigenvalue weighted by Crippen LogP contribution is -2.24. The number of thioether (sulfide) groups is 1. The molecule has 1 heterocycles. The minimum Gasteiger partial charge on any atom is -0.327 e. The minimum absolute atomic E-state index is 0.00466. The second-order valence-corrected chi connectivity index (χ2v) is 6.77. The van der Waals surface area contributed by atoms with Crippen molar-refractivity contribution in [2.24, 2.45) is 5.73 Å². The third-order valence-corrected chi connectivity index (χ3v) is 4.80. The van der Waals surface area contributed by atoms with Gasteiger partial charge in [-0.05, 0) is 38.5 Å². The molecule has 0 spiro atoms. The van der Waals surface area contributed by atoms with E-state index in [2.05, 4.69) is 10.2 Å². The maximum absolute atomic E-state index is 11.8. The van der Waals surface area contributed by atoms with Crippen molar-refractivity contribution in [2.45, 2.75) is 43.3 Å². The van der Waals surface area contributed by atoms with Crippen molar-refractivity contribution in [3.05, 3.63) is 45.3 Å². The summed E-state index contributed by atoms with van der Waals surface area (Å²) >= 11 is 7.41. The summed E-state index contributed by atoms with van der Waals surface area (Å²) in [4.78, 5) is 11.8. The number of H-pyrrole nitrogens is 1. The molecule has 2 atom stereocenters. The number of nitrogens with two attached hydrogens (primary N) is 1. The van der Waals surface area contributed by atoms with Crippen molar-refractivity contribution in [3.63, 3.8) is 0 Å². The highest BCUT2D eigenvalue weighted by molar-refractivity contribution is 7.99. The van der Waals surface area contributed by atoms with Crippen LogP contribution < -0.4 is 11.4 Å². The van der Waals surface area contributed by atoms with E-state index < -0.39 is 0 Å². The number of nitrogens with zero attached hydrogens (tertiary/aromatic N) is 2. The zero-order chi connectivity index (χ0) is 15.6. The Bertz CT molecular complexity index is 648. The fraction of sp³-hybridized carbons (Fsp3) is 0.429. The molecule has 3 N–H and O–H groups in total. The summed E-state index contributed by atoms with van der Waals surface area (Å²) in [5.74, 6) is 0. The quantitative estimate of drug-likeness (QED) is 0.828. The molecule has 0 aliphatic rings. The molecule has 0 saturated carbocycles. The highest BCUT2D eigenvalue weighted by atomic mass is 35.5. The summed E-state index contributed by atoms with van der Waals surface area (Å²) in [6, 6.07) is 7.53. The molecule has 2 aromatic rings. The molecule has 0 bridgehead atoms. The Hall–Kier alpha value is -1.24. The lowest BCUT2D eigenvalue weighted by molar-refractivity contribution is 0.532. The SMILES string of the molecule is CC(N)C(Sc1n[nH]c(=O)n1C(C)C)c1ccc(Cl)cc1. The van der Waals surface area contributed by atoms with Crippen molar-refractivity contribution in [3.8, 4) is 0 Å². The second-order valence-electron chi connectivity index (χ2n) is 5.22. The molecule has 21 heavy (non-hydrogen) atoms. The number of nitrogens with one attached hydrogen (secondary N) is 1. The van der Waals surface area contributed by atoms with Gasteiger partial charge in [-0.1, -0.05) is 35.5 Å². The Morgan fingerprint density at radius 3 is 2.43 bits per heavy atom. The monoisotopic (exact) mass is 326 g/mol. The van der Waals surface area contributed by atoms with Gasteiger partial charge >= 0.3 is 5.69 Å². The molecule has 0 aliphatic heterocycles. The van der Waals surface area contributed by atoms with E-state index in [1.807, 2.05) is 45.0 Å². The lowest BCUT2D eigenvalue weighted by Gasteiger charge is -2.21. The van der Waals surface area contributed by atoms with E-state index in [-0.39, 0.29) is 23.0 Å². The summed E-state index contributed by atoms with van der Waals surface area (Å²) < 4.78 is 1.63. The molecule has 2 unspecified atom stereocenters. The van der Waals surface area contributed by atoms with Crippen molar-refractivity contribution >= 4 is 23.4 Å². The van der Waals surface area contributed by atoms with E-state index in [0.717, 1.165) is 5.56 Å². The van der Waals surface area contributed by atoms with Crippen LogP contribution in [0.2, 0.25) is 5.02 Å². The molecule has 0 saturated heterocycles. The zero-order valence-corrected chi connectivity index (χ0v) is 13.8. The Morgan fingerprint density at radius 2 is 1.90 bits per heavy atom. The largest absolute Gasteiger partial charge is 0.344 e. The van der Waals surface area contributed by atoms with Gasteiger partial charge in [-0.3, -0.25) is 4.57 Å². The molecule has 0 fully saturated rings. The molecule has 1 aromatic carbocycles. The van der Waals surface area contributed by atoms with Crippen molar-refractivity contribution in [1.82, 2.24) is 14.8 Å². The summed E-state index contributed by atoms with van der Waals surface area (Å²) in [7, 11) is 0. The van der Waals surface area contributed by atoms with Gasteiger partial charge in [0.05, 0.1) is 5.25 Å². The van der Waals surface area contributed by atoms with Crippen LogP contribution in [0.5, 0.6) is 0 Å². The highest BCUT2D eigenvalue weighted by Gasteiger charge is 2.22. The van der Waals surface area contributed by atoms with E-state index in [0.29, 0.717) is 10.2 Å². The first-order valence-corrected chi connectivity index (χ1v) is 8.00. The van der Waals surface area contributed by atoms with Gasteiger partial charge in [0.15, 0.2) is 5.16 Å². The number of hydrogen-bond acceptors (Lipinski definition) is 4. The van der Waals surface area contributed by atoms with Gasteiger partial charge in [0.25, 0.3) is 0 Å². The second kappa shape index (κ2) is 6.68. The Balaban J connectivity index is 2.33. The van der Waals surface area contributed by atoms with E-state index in [4.69, 9.17) is 17.3 Å². The van der Waals surface area contributed by atoms with E-state index >= 15 is 0 Å². The molecule has 1 aromatic heterocycles. The van der Waals surface area contributed by atoms with Crippen LogP contribution in [0.1, 0.15) is 37.6 Å². The topological polar surface area (TPSA) is 76.7 Å². The number of benzene rings is 1. The van der Waals surface area contributed by atoms with Crippen molar-refractivity contribution in [2.75, 3.05) is 0 Å². The fourth-order valence-corrected chi connectivity index (χ4v) is 3.44. The molecular weight excluding hydrogens is 308 g/mol. The first-order chi connectivity index (χ1) is 9.90. The van der Waals surface area contributed by atoms with E-state index in [9.17, 15) is 4.79 Å². The predicted molar refractivity (Wildman–Crippen MR) is 86.9 cm³/mol. The maximum Gasteiger partial charge on any atom is 0.344 e. The molecule has 5 nitrogen and oxygen atoms in total. The van der Waals surface area contributed by atoms with Gasteiger partial charge in [-0.2, -0.15) is 0 Å². The molecule has 7 heteroatoms. The first kappa shape index (κ1) is 16.1. The smallest absolute Gasteiger partial charge is 0.327 e. The van der Waals surface area contributed by atoms with Gasteiger partial charge in [0.1, 0.15) is 0 Å². The van der Waals surface area contributed by atoms with E-state index in [1.165, 1.54) is 11.8 Å². The van der Waals surface area contributed by atoms with Crippen LogP contribution in [-0.4, -0.2) is 20.8 Å². The molecule has 114 valence electrons. The van der Waals surface area contributed by atoms with Crippen LogP contribution in [0, 0.1) is 0 Å². The Labute approximate surface area is 132 Å². The summed E-state index contributed by atoms with van der Waals surface area (Å²) in [5.41, 5.74) is 6.97. The molecular formula is C14H19ClN4OS. The minimum atomic E-state index is -0.202. The number of halogens is 1. The van der Waals surface area contributed by atoms with Crippen LogP contribution in [0.15, 0.2) is 34.2 Å². The highest BCUT2D eigenvalue weighted by Crippen LogP contribution is 2.36. The number of aromatic nitrogens is 3. The fourth-order valence-electron chi connectivity index (χ4n) is 2.07. The average Bonchev–Trinajstić information content (AvgIpc) is 2.78. The van der Waals surface area contributed by atoms with Crippen LogP contribution in [-0.2, 0) is 0 Å². The number of aromatic amines is 1. The van der Waals surface area contributed by atoms with Crippen LogP contribution in [0.3, 0.4) is 0 Å². The predicted octanol–water partition coefficient (Wildman–Crippen LogP) is 2.99. The Kier molecular flexibility index (Phi) is 5.13. The summed E-state index contributed by atoms with van der Waals surface area (Å²) in [6.07, 6.45) is 0. The molecule has 0 aliphatic carbocycles. The molecule has 0 radical (unpaired) electrons.